The standard InChI is InChI=1S/C19H26FNSi/c1-14-12-15(2)18(16(3)13-14)21-22(20,19(4,5)6)17-10-8-7-9-11-17/h7-13,21H,1-6H3. The molecule has 22 heavy (non-hydrogen) atoms. The van der Waals surface area contributed by atoms with Crippen molar-refractivity contribution in [2.24, 2.45) is 0 Å². The Hall–Kier alpha value is -1.61. The summed E-state index contributed by atoms with van der Waals surface area (Å²) in [6.07, 6.45) is 0. The summed E-state index contributed by atoms with van der Waals surface area (Å²) >= 11 is 0. The third-order valence-electron chi connectivity index (χ3n) is 4.18. The highest BCUT2D eigenvalue weighted by atomic mass is 28.4. The Labute approximate surface area is 134 Å². The minimum Gasteiger partial charge on any atom is -0.382 e. The molecule has 118 valence electrons. The summed E-state index contributed by atoms with van der Waals surface area (Å²) in [6.45, 7) is 12.1. The van der Waals surface area contributed by atoms with Gasteiger partial charge in [0.2, 0.25) is 0 Å². The van der Waals surface area contributed by atoms with Crippen molar-refractivity contribution in [3.05, 3.63) is 59.2 Å². The lowest BCUT2D eigenvalue weighted by molar-refractivity contribution is 0.632. The number of hydrogen-bond acceptors (Lipinski definition) is 1. The smallest absolute Gasteiger partial charge is 0.382 e. The molecule has 0 aliphatic heterocycles. The zero-order valence-corrected chi connectivity index (χ0v) is 15.4. The minimum absolute atomic E-state index is 0.446. The van der Waals surface area contributed by atoms with Crippen molar-refractivity contribution in [3.63, 3.8) is 0 Å². The molecular weight excluding hydrogens is 289 g/mol. The molecule has 0 bridgehead atoms. The lowest BCUT2D eigenvalue weighted by atomic mass is 10.1. The van der Waals surface area contributed by atoms with E-state index in [-0.39, 0.29) is 0 Å². The van der Waals surface area contributed by atoms with Gasteiger partial charge in [0.25, 0.3) is 0 Å². The Morgan fingerprint density at radius 1 is 0.909 bits per heavy atom. The van der Waals surface area contributed by atoms with Crippen LogP contribution in [0.3, 0.4) is 0 Å². The van der Waals surface area contributed by atoms with Crippen molar-refractivity contribution >= 4 is 19.4 Å². The van der Waals surface area contributed by atoms with Crippen LogP contribution in [0.4, 0.5) is 9.80 Å². The molecule has 0 spiro atoms. The average molecular weight is 316 g/mol. The van der Waals surface area contributed by atoms with Crippen LogP contribution in [-0.2, 0) is 0 Å². The van der Waals surface area contributed by atoms with Gasteiger partial charge in [-0.2, -0.15) is 0 Å². The first-order valence-corrected chi connectivity index (χ1v) is 9.63. The molecule has 0 amide bonds. The van der Waals surface area contributed by atoms with Gasteiger partial charge in [-0.05, 0) is 37.1 Å². The molecule has 0 saturated carbocycles. The van der Waals surface area contributed by atoms with Crippen molar-refractivity contribution < 1.29 is 4.11 Å². The Morgan fingerprint density at radius 3 is 1.86 bits per heavy atom. The van der Waals surface area contributed by atoms with Crippen molar-refractivity contribution in [2.75, 3.05) is 4.98 Å². The number of benzene rings is 2. The lowest BCUT2D eigenvalue weighted by Gasteiger charge is -2.37. The Bertz CT molecular complexity index is 638. The highest BCUT2D eigenvalue weighted by Gasteiger charge is 2.49. The van der Waals surface area contributed by atoms with Gasteiger partial charge in [0, 0.05) is 10.7 Å². The molecule has 0 heterocycles. The Morgan fingerprint density at radius 2 is 1.41 bits per heavy atom. The summed E-state index contributed by atoms with van der Waals surface area (Å²) in [4.78, 5) is 3.35. The largest absolute Gasteiger partial charge is 0.383 e. The van der Waals surface area contributed by atoms with Crippen LogP contribution in [0.1, 0.15) is 37.5 Å². The fourth-order valence-corrected chi connectivity index (χ4v) is 5.69. The van der Waals surface area contributed by atoms with Gasteiger partial charge in [0.15, 0.2) is 0 Å². The zero-order valence-electron chi connectivity index (χ0n) is 14.4. The number of halogens is 1. The van der Waals surface area contributed by atoms with Gasteiger partial charge in [-0.25, -0.2) is 0 Å². The molecule has 1 nitrogen and oxygen atoms in total. The average Bonchev–Trinajstić information content (AvgIpc) is 2.42. The number of anilines is 1. The zero-order chi connectivity index (χ0) is 16.5. The summed E-state index contributed by atoms with van der Waals surface area (Å²) < 4.78 is 16.2. The topological polar surface area (TPSA) is 12.0 Å². The second-order valence-corrected chi connectivity index (χ2v) is 10.8. The van der Waals surface area contributed by atoms with E-state index in [9.17, 15) is 0 Å². The van der Waals surface area contributed by atoms with E-state index in [0.717, 1.165) is 22.0 Å². The normalized spacial score (nSPS) is 14.5. The molecule has 2 rings (SSSR count). The van der Waals surface area contributed by atoms with Crippen LogP contribution in [0, 0.1) is 20.8 Å². The summed E-state index contributed by atoms with van der Waals surface area (Å²) in [5, 5.41) is 0.347. The summed E-state index contributed by atoms with van der Waals surface area (Å²) in [7, 11) is -3.40. The molecule has 2 aromatic rings. The van der Waals surface area contributed by atoms with E-state index in [4.69, 9.17) is 0 Å². The third-order valence-corrected chi connectivity index (χ3v) is 7.97. The number of nitrogens with one attached hydrogen (secondary N) is 1. The molecule has 1 unspecified atom stereocenters. The van der Waals surface area contributed by atoms with Crippen molar-refractivity contribution in [1.82, 2.24) is 0 Å². The van der Waals surface area contributed by atoms with Crippen LogP contribution < -0.4 is 10.2 Å². The molecule has 0 aliphatic rings. The lowest BCUT2D eigenvalue weighted by Crippen LogP contribution is -2.58. The molecule has 2 aromatic carbocycles. The Balaban J connectivity index is 2.55. The fourth-order valence-electron chi connectivity index (χ4n) is 2.91. The quantitative estimate of drug-likeness (QED) is 0.610. The van der Waals surface area contributed by atoms with E-state index in [0.29, 0.717) is 0 Å². The minimum atomic E-state index is -3.40. The van der Waals surface area contributed by atoms with Crippen molar-refractivity contribution in [1.29, 1.82) is 0 Å². The first-order valence-electron chi connectivity index (χ1n) is 7.75. The number of hydrogen-bond donors (Lipinski definition) is 1. The fraction of sp³-hybridized carbons (Fsp3) is 0.368. The maximum absolute atomic E-state index is 16.2. The third kappa shape index (κ3) is 3.09. The molecule has 1 atom stereocenters. The van der Waals surface area contributed by atoms with Crippen LogP contribution in [0.2, 0.25) is 5.04 Å². The molecule has 0 saturated heterocycles. The Kier molecular flexibility index (Phi) is 4.48. The molecule has 0 fully saturated rings. The first-order chi connectivity index (χ1) is 10.1. The maximum atomic E-state index is 16.2. The van der Waals surface area contributed by atoms with Crippen molar-refractivity contribution in [2.45, 2.75) is 46.6 Å². The first kappa shape index (κ1) is 16.8. The highest BCUT2D eigenvalue weighted by molar-refractivity contribution is 6.91. The van der Waals surface area contributed by atoms with Crippen molar-refractivity contribution in [3.8, 4) is 0 Å². The summed E-state index contributed by atoms with van der Waals surface area (Å²) in [5.74, 6) is 0. The molecule has 3 heteroatoms. The second kappa shape index (κ2) is 5.88. The van der Waals surface area contributed by atoms with E-state index in [2.05, 4.69) is 24.0 Å². The van der Waals surface area contributed by atoms with Crippen LogP contribution in [0.25, 0.3) is 0 Å². The molecule has 0 radical (unpaired) electrons. The molecule has 0 aromatic heterocycles. The van der Waals surface area contributed by atoms with E-state index in [1.807, 2.05) is 65.0 Å². The van der Waals surface area contributed by atoms with Gasteiger partial charge in [0.05, 0.1) is 0 Å². The van der Waals surface area contributed by atoms with Crippen LogP contribution in [-0.4, -0.2) is 8.57 Å². The highest BCUT2D eigenvalue weighted by Crippen LogP contribution is 2.38. The predicted octanol–water partition coefficient (Wildman–Crippen LogP) is 5.14. The predicted molar refractivity (Wildman–Crippen MR) is 96.9 cm³/mol. The monoisotopic (exact) mass is 315 g/mol. The van der Waals surface area contributed by atoms with Gasteiger partial charge in [0.1, 0.15) is 0 Å². The van der Waals surface area contributed by atoms with E-state index < -0.39 is 13.6 Å². The number of rotatable bonds is 3. The molecular formula is C19H26FNSi. The van der Waals surface area contributed by atoms with Crippen LogP contribution in [0.15, 0.2) is 42.5 Å². The second-order valence-electron chi connectivity index (χ2n) is 7.17. The summed E-state index contributed by atoms with van der Waals surface area (Å²) in [6, 6.07) is 13.8. The van der Waals surface area contributed by atoms with E-state index in [1.165, 1.54) is 5.56 Å². The van der Waals surface area contributed by atoms with Gasteiger partial charge < -0.3 is 4.98 Å². The van der Waals surface area contributed by atoms with E-state index in [1.54, 1.807) is 0 Å². The summed E-state index contributed by atoms with van der Waals surface area (Å²) in [5.41, 5.74) is 4.36. The van der Waals surface area contributed by atoms with Gasteiger partial charge in [-0.1, -0.05) is 68.8 Å². The van der Waals surface area contributed by atoms with Gasteiger partial charge in [-0.15, -0.1) is 0 Å². The SMILES string of the molecule is Cc1cc(C)c(N[Si](F)(c2ccccc2)C(C)(C)C)c(C)c1. The van der Waals surface area contributed by atoms with Crippen LogP contribution in [0.5, 0.6) is 0 Å². The van der Waals surface area contributed by atoms with Crippen LogP contribution >= 0.6 is 0 Å². The maximum Gasteiger partial charge on any atom is 0.383 e. The number of aryl methyl sites for hydroxylation is 3. The molecule has 1 N–H and O–H groups in total. The van der Waals surface area contributed by atoms with E-state index >= 15 is 4.11 Å². The van der Waals surface area contributed by atoms with Gasteiger partial charge in [-0.3, -0.25) is 4.11 Å². The molecule has 0 aliphatic carbocycles. The van der Waals surface area contributed by atoms with Gasteiger partial charge >= 0.3 is 8.57 Å².